The zero-order valence-corrected chi connectivity index (χ0v) is 28.9. The van der Waals surface area contributed by atoms with Crippen molar-refractivity contribution in [3.8, 4) is 22.5 Å². The van der Waals surface area contributed by atoms with Crippen LogP contribution in [-0.2, 0) is 29.0 Å². The maximum atomic E-state index is 12.8. The number of hydrogen-bond acceptors (Lipinski definition) is 7. The highest BCUT2D eigenvalue weighted by molar-refractivity contribution is 5.88. The highest BCUT2D eigenvalue weighted by Gasteiger charge is 2.36. The average Bonchev–Trinajstić information content (AvgIpc) is 3.48. The van der Waals surface area contributed by atoms with E-state index in [1.54, 1.807) is 0 Å². The first-order valence-corrected chi connectivity index (χ1v) is 16.8. The summed E-state index contributed by atoms with van der Waals surface area (Å²) in [5.41, 5.74) is 9.49. The molecule has 0 aliphatic carbocycles. The van der Waals surface area contributed by atoms with Gasteiger partial charge in [-0.15, -0.1) is 0 Å². The molecule has 8 nitrogen and oxygen atoms in total. The number of aromatic nitrogens is 2. The lowest BCUT2D eigenvalue weighted by molar-refractivity contribution is -0.160. The van der Waals surface area contributed by atoms with Crippen LogP contribution in [0.4, 0.5) is 5.69 Å². The van der Waals surface area contributed by atoms with Gasteiger partial charge < -0.3 is 19.3 Å². The van der Waals surface area contributed by atoms with E-state index in [1.165, 1.54) is 11.1 Å². The Morgan fingerprint density at radius 2 is 1.70 bits per heavy atom. The maximum absolute atomic E-state index is 12.8. The molecule has 0 radical (unpaired) electrons. The second-order valence-corrected chi connectivity index (χ2v) is 15.0. The number of ether oxygens (including phenoxy) is 1. The van der Waals surface area contributed by atoms with Crippen LogP contribution in [0.3, 0.4) is 0 Å². The molecule has 1 N–H and O–H groups in total. The van der Waals surface area contributed by atoms with Crippen molar-refractivity contribution in [2.75, 3.05) is 24.5 Å². The normalized spacial score (nSPS) is 17.4. The van der Waals surface area contributed by atoms with Crippen LogP contribution in [0, 0.1) is 19.3 Å². The van der Waals surface area contributed by atoms with Gasteiger partial charge in [0.05, 0.1) is 17.0 Å². The molecule has 2 aliphatic heterocycles. The molecule has 0 amide bonds. The van der Waals surface area contributed by atoms with E-state index in [9.17, 15) is 9.90 Å². The summed E-state index contributed by atoms with van der Waals surface area (Å²) in [6.07, 6.45) is 1.85. The molecular formula is C39H48N4O4. The van der Waals surface area contributed by atoms with Gasteiger partial charge in [0, 0.05) is 66.9 Å². The minimum absolute atomic E-state index is 0.245. The molecule has 0 bridgehead atoms. The first-order chi connectivity index (χ1) is 22.3. The fraction of sp³-hybridized carbons (Fsp3) is 0.462. The van der Waals surface area contributed by atoms with E-state index in [-0.39, 0.29) is 5.41 Å². The van der Waals surface area contributed by atoms with Gasteiger partial charge in [-0.2, -0.15) is 0 Å². The predicted molar refractivity (Wildman–Crippen MR) is 185 cm³/mol. The number of hydrogen-bond donors (Lipinski definition) is 1. The van der Waals surface area contributed by atoms with Crippen molar-refractivity contribution < 1.29 is 19.2 Å². The van der Waals surface area contributed by atoms with Crippen LogP contribution in [-0.4, -0.2) is 51.4 Å². The molecule has 2 aromatic carbocycles. The van der Waals surface area contributed by atoms with Crippen molar-refractivity contribution >= 4 is 11.7 Å². The quantitative estimate of drug-likeness (QED) is 0.207. The van der Waals surface area contributed by atoms with Crippen molar-refractivity contribution in [2.24, 2.45) is 5.41 Å². The number of carboxylic acids is 1. The van der Waals surface area contributed by atoms with E-state index < -0.39 is 17.7 Å². The second-order valence-electron chi connectivity index (χ2n) is 15.0. The molecule has 2 aliphatic rings. The molecule has 0 saturated carbocycles. The van der Waals surface area contributed by atoms with E-state index in [4.69, 9.17) is 14.2 Å². The first kappa shape index (κ1) is 32.9. The van der Waals surface area contributed by atoms with Gasteiger partial charge in [0.25, 0.3) is 0 Å². The molecule has 4 heterocycles. The molecule has 2 aromatic heterocycles. The van der Waals surface area contributed by atoms with E-state index >= 15 is 0 Å². The number of piperidine rings is 1. The Bertz CT molecular complexity index is 1740. The first-order valence-electron chi connectivity index (χ1n) is 16.8. The molecule has 1 saturated heterocycles. The summed E-state index contributed by atoms with van der Waals surface area (Å²) in [5, 5.41) is 14.9. The highest BCUT2D eigenvalue weighted by atomic mass is 16.5. The molecule has 6 rings (SSSR count). The Hall–Kier alpha value is -4.01. The van der Waals surface area contributed by atoms with Crippen LogP contribution in [0.15, 0.2) is 59.1 Å². The summed E-state index contributed by atoms with van der Waals surface area (Å²) in [5.74, 6) is -0.207. The molecule has 1 atom stereocenters. The third-order valence-corrected chi connectivity index (χ3v) is 9.56. The number of anilines is 1. The van der Waals surface area contributed by atoms with Gasteiger partial charge in [0.2, 0.25) is 0 Å². The van der Waals surface area contributed by atoms with Gasteiger partial charge in [0.1, 0.15) is 0 Å². The lowest BCUT2D eigenvalue weighted by atomic mass is 9.81. The summed E-state index contributed by atoms with van der Waals surface area (Å²) < 4.78 is 11.9. The molecule has 47 heavy (non-hydrogen) atoms. The van der Waals surface area contributed by atoms with Crippen molar-refractivity contribution in [2.45, 2.75) is 92.5 Å². The van der Waals surface area contributed by atoms with E-state index in [0.717, 1.165) is 91.5 Å². The van der Waals surface area contributed by atoms with Crippen LogP contribution in [0.1, 0.15) is 87.3 Å². The number of pyridine rings is 1. The minimum Gasteiger partial charge on any atom is -0.479 e. The highest BCUT2D eigenvalue weighted by Crippen LogP contribution is 2.45. The van der Waals surface area contributed by atoms with E-state index in [1.807, 2.05) is 71.0 Å². The molecule has 0 unspecified atom stereocenters. The zero-order chi connectivity index (χ0) is 33.5. The fourth-order valence-electron chi connectivity index (χ4n) is 7.01. The Morgan fingerprint density at radius 1 is 0.979 bits per heavy atom. The van der Waals surface area contributed by atoms with Crippen molar-refractivity contribution in [3.63, 3.8) is 0 Å². The minimum atomic E-state index is -1.13. The third-order valence-electron chi connectivity index (χ3n) is 9.56. The van der Waals surface area contributed by atoms with Crippen molar-refractivity contribution in [3.05, 3.63) is 88.4 Å². The number of benzene rings is 2. The van der Waals surface area contributed by atoms with Crippen LogP contribution >= 0.6 is 0 Å². The Kier molecular flexibility index (Phi) is 9.02. The summed E-state index contributed by atoms with van der Waals surface area (Å²) in [4.78, 5) is 22.6. The number of fused-ring (bicyclic) bond motifs is 1. The van der Waals surface area contributed by atoms with Crippen LogP contribution in [0.2, 0.25) is 0 Å². The van der Waals surface area contributed by atoms with Gasteiger partial charge in [-0.1, -0.05) is 67.5 Å². The monoisotopic (exact) mass is 636 g/mol. The van der Waals surface area contributed by atoms with Crippen molar-refractivity contribution in [1.29, 1.82) is 0 Å². The summed E-state index contributed by atoms with van der Waals surface area (Å²) in [6.45, 7) is 18.5. The van der Waals surface area contributed by atoms with Crippen molar-refractivity contribution in [1.82, 2.24) is 15.0 Å². The maximum Gasteiger partial charge on any atom is 0.337 e. The largest absolute Gasteiger partial charge is 0.479 e. The zero-order valence-electron chi connectivity index (χ0n) is 28.9. The average molecular weight is 637 g/mol. The molecule has 1 fully saturated rings. The Balaban J connectivity index is 1.34. The van der Waals surface area contributed by atoms with Gasteiger partial charge >= 0.3 is 5.97 Å². The van der Waals surface area contributed by atoms with Gasteiger partial charge in [-0.25, -0.2) is 4.79 Å². The number of aliphatic carboxylic acids is 1. The second kappa shape index (κ2) is 12.9. The van der Waals surface area contributed by atoms with Gasteiger partial charge in [0.15, 0.2) is 11.9 Å². The smallest absolute Gasteiger partial charge is 0.337 e. The van der Waals surface area contributed by atoms with Crippen LogP contribution in [0.5, 0.6) is 0 Å². The number of nitrogens with zero attached hydrogens (tertiary/aromatic N) is 4. The number of rotatable bonds is 8. The number of aryl methyl sites for hydroxylation is 2. The Morgan fingerprint density at radius 3 is 2.38 bits per heavy atom. The predicted octanol–water partition coefficient (Wildman–Crippen LogP) is 8.15. The molecule has 0 spiro atoms. The van der Waals surface area contributed by atoms with Crippen LogP contribution in [0.25, 0.3) is 22.5 Å². The lowest BCUT2D eigenvalue weighted by Gasteiger charge is -2.41. The summed E-state index contributed by atoms with van der Waals surface area (Å²) in [7, 11) is 0. The third kappa shape index (κ3) is 7.29. The Labute approximate surface area is 278 Å². The number of carboxylic acid groups (broad SMARTS) is 1. The standard InChI is InChI=1S/C39H48N4O4/c1-25-33(35(43-19-16-39(6,7)17-20-43)34(26(2)40-25)36(37(44)45)46-38(3,4)5)29-13-14-30-23-42(18-15-28(30)21-29)24-31-22-32(47-41-31)27-11-9-8-10-12-27/h8-14,21-22,36H,15-20,23-24H2,1-7H3,(H,44,45)/t36-/m0/s1. The lowest BCUT2D eigenvalue weighted by Crippen LogP contribution is -2.39. The fourth-order valence-corrected chi connectivity index (χ4v) is 7.01. The van der Waals surface area contributed by atoms with Crippen LogP contribution < -0.4 is 4.90 Å². The number of carbonyl (C=O) groups is 1. The summed E-state index contributed by atoms with van der Waals surface area (Å²) >= 11 is 0. The SMILES string of the molecule is Cc1nc(C)c([C@H](OC(C)(C)C)C(=O)O)c(N2CCC(C)(C)CC2)c1-c1ccc2c(c1)CCN(Cc1cc(-c3ccccc3)on1)C2. The molecular weight excluding hydrogens is 588 g/mol. The molecule has 4 aromatic rings. The molecule has 248 valence electrons. The van der Waals surface area contributed by atoms with Gasteiger partial charge in [-0.3, -0.25) is 9.88 Å². The van der Waals surface area contributed by atoms with E-state index in [0.29, 0.717) is 11.3 Å². The summed E-state index contributed by atoms with van der Waals surface area (Å²) in [6, 6.07) is 18.8. The van der Waals surface area contributed by atoms with Gasteiger partial charge in [-0.05, 0) is 76.0 Å². The van der Waals surface area contributed by atoms with E-state index in [2.05, 4.69) is 47.0 Å². The molecule has 8 heteroatoms. The topological polar surface area (TPSA) is 91.9 Å².